The van der Waals surface area contributed by atoms with Gasteiger partial charge in [0.2, 0.25) is 0 Å². The first-order valence-electron chi connectivity index (χ1n) is 6.40. The quantitative estimate of drug-likeness (QED) is 0.716. The molecule has 2 atom stereocenters. The van der Waals surface area contributed by atoms with E-state index in [1.54, 1.807) is 0 Å². The first-order valence-corrected chi connectivity index (χ1v) is 8.23. The van der Waals surface area contributed by atoms with Crippen molar-refractivity contribution in [3.05, 3.63) is 22.2 Å². The molecule has 1 amide bonds. The van der Waals surface area contributed by atoms with Crippen molar-refractivity contribution >= 4 is 33.3 Å². The molecule has 1 heterocycles. The Morgan fingerprint density at radius 2 is 2.20 bits per heavy atom. The molecule has 1 aliphatic heterocycles. The second-order valence-corrected chi connectivity index (χ2v) is 6.71. The van der Waals surface area contributed by atoms with Crippen LogP contribution in [0.1, 0.15) is 33.6 Å². The molecule has 1 fully saturated rings. The predicted molar refractivity (Wildman–Crippen MR) is 82.4 cm³/mol. The van der Waals surface area contributed by atoms with Crippen LogP contribution in [-0.4, -0.2) is 33.9 Å². The maximum atomic E-state index is 12.0. The lowest BCUT2D eigenvalue weighted by molar-refractivity contribution is 0.125. The summed E-state index contributed by atoms with van der Waals surface area (Å²) in [5.74, 6) is 0. The van der Waals surface area contributed by atoms with Gasteiger partial charge >= 0.3 is 6.09 Å². The highest BCUT2D eigenvalue weighted by Crippen LogP contribution is 2.38. The molecule has 0 N–H and O–H groups in total. The van der Waals surface area contributed by atoms with Gasteiger partial charge in [0.25, 0.3) is 11.3 Å². The van der Waals surface area contributed by atoms with Crippen LogP contribution in [0.3, 0.4) is 0 Å². The molecule has 0 spiro atoms. The molecular weight excluding hydrogens is 346 g/mol. The summed E-state index contributed by atoms with van der Waals surface area (Å²) >= 11 is 1.58. The first kappa shape index (κ1) is 17.4. The molecule has 0 aromatic rings. The lowest BCUT2D eigenvalue weighted by Crippen LogP contribution is -2.50. The Bertz CT molecular complexity index is 459. The number of hydrogen-bond donors (Lipinski definition) is 0. The largest absolute Gasteiger partial charge is 0.452 e. The second kappa shape index (κ2) is 7.38. The van der Waals surface area contributed by atoms with Crippen LogP contribution in [-0.2, 0) is 20.2 Å². The number of allylic oxidation sites excluding steroid dienone is 2. The van der Waals surface area contributed by atoms with Crippen LogP contribution >= 0.6 is 15.9 Å². The Labute approximate surface area is 130 Å². The molecule has 5 nitrogen and oxygen atoms in total. The van der Waals surface area contributed by atoms with E-state index in [0.29, 0.717) is 6.42 Å². The fourth-order valence-corrected chi connectivity index (χ4v) is 3.60. The summed E-state index contributed by atoms with van der Waals surface area (Å²) in [6.07, 6.45) is 4.67. The molecular formula is C13H20BrNO4S. The molecule has 0 bridgehead atoms. The van der Waals surface area contributed by atoms with Gasteiger partial charge < -0.3 is 4.74 Å². The Morgan fingerprint density at radius 3 is 2.65 bits per heavy atom. The average molecular weight is 366 g/mol. The highest BCUT2D eigenvalue weighted by Gasteiger charge is 2.51. The minimum atomic E-state index is -1.83. The van der Waals surface area contributed by atoms with Crippen molar-refractivity contribution in [1.82, 2.24) is 4.31 Å². The van der Waals surface area contributed by atoms with Crippen LogP contribution in [0.15, 0.2) is 22.2 Å². The molecule has 0 saturated carbocycles. The monoisotopic (exact) mass is 365 g/mol. The van der Waals surface area contributed by atoms with Crippen LogP contribution in [0.2, 0.25) is 0 Å². The van der Waals surface area contributed by atoms with E-state index in [1.807, 2.05) is 32.9 Å². The minimum absolute atomic E-state index is 0.188. The Kier molecular flexibility index (Phi) is 6.42. The van der Waals surface area contributed by atoms with Crippen LogP contribution in [0.25, 0.3) is 0 Å². The van der Waals surface area contributed by atoms with E-state index in [9.17, 15) is 9.00 Å². The molecule has 2 unspecified atom stereocenters. The normalized spacial score (nSPS) is 27.9. The summed E-state index contributed by atoms with van der Waals surface area (Å²) in [6, 6.07) is 0. The molecule has 7 heteroatoms. The zero-order valence-electron chi connectivity index (χ0n) is 12.1. The minimum Gasteiger partial charge on any atom is -0.452 e. The van der Waals surface area contributed by atoms with E-state index < -0.39 is 22.9 Å². The van der Waals surface area contributed by atoms with E-state index in [-0.39, 0.29) is 6.61 Å². The fourth-order valence-electron chi connectivity index (χ4n) is 2.19. The third-order valence-electron chi connectivity index (χ3n) is 3.18. The summed E-state index contributed by atoms with van der Waals surface area (Å²) in [5, 5.41) is 0. The SMILES string of the molecule is CCC=C(C=C(C)Br)C1(CC)COS(=O)N1C(=O)OC. The van der Waals surface area contributed by atoms with Gasteiger partial charge in [0.05, 0.1) is 13.7 Å². The molecule has 1 saturated heterocycles. The average Bonchev–Trinajstić information content (AvgIpc) is 2.75. The molecule has 0 aromatic carbocycles. The molecule has 1 rings (SSSR count). The molecule has 1 aliphatic rings. The van der Waals surface area contributed by atoms with Crippen LogP contribution in [0, 0.1) is 0 Å². The van der Waals surface area contributed by atoms with Crippen LogP contribution in [0.4, 0.5) is 4.79 Å². The first-order chi connectivity index (χ1) is 9.42. The summed E-state index contributed by atoms with van der Waals surface area (Å²) in [4.78, 5) is 12.0. The Balaban J connectivity index is 3.37. The third kappa shape index (κ3) is 3.32. The number of hydrogen-bond acceptors (Lipinski definition) is 4. The van der Waals surface area contributed by atoms with Crippen molar-refractivity contribution in [2.24, 2.45) is 0 Å². The number of carbonyl (C=O) groups is 1. The van der Waals surface area contributed by atoms with Crippen molar-refractivity contribution in [2.75, 3.05) is 13.7 Å². The Hall–Kier alpha value is -0.660. The van der Waals surface area contributed by atoms with Gasteiger partial charge in [-0.25, -0.2) is 9.00 Å². The zero-order chi connectivity index (χ0) is 15.3. The number of carbonyl (C=O) groups excluding carboxylic acids is 1. The predicted octanol–water partition coefficient (Wildman–Crippen LogP) is 3.45. The lowest BCUT2D eigenvalue weighted by Gasteiger charge is -2.34. The smallest absolute Gasteiger partial charge is 0.424 e. The summed E-state index contributed by atoms with van der Waals surface area (Å²) in [7, 11) is 1.27. The van der Waals surface area contributed by atoms with Gasteiger partial charge in [0.15, 0.2) is 0 Å². The van der Waals surface area contributed by atoms with Gasteiger partial charge in [0, 0.05) is 0 Å². The maximum Gasteiger partial charge on any atom is 0.424 e. The highest BCUT2D eigenvalue weighted by molar-refractivity contribution is 9.11. The van der Waals surface area contributed by atoms with E-state index in [0.717, 1.165) is 16.5 Å². The van der Waals surface area contributed by atoms with Gasteiger partial charge in [-0.1, -0.05) is 35.9 Å². The maximum absolute atomic E-state index is 12.0. The molecule has 0 aromatic heterocycles. The van der Waals surface area contributed by atoms with Crippen LogP contribution in [0.5, 0.6) is 0 Å². The number of nitrogens with zero attached hydrogens (tertiary/aromatic N) is 1. The number of amides is 1. The molecule has 0 radical (unpaired) electrons. The molecule has 20 heavy (non-hydrogen) atoms. The third-order valence-corrected chi connectivity index (χ3v) is 4.52. The molecule has 114 valence electrons. The van der Waals surface area contributed by atoms with E-state index in [4.69, 9.17) is 8.92 Å². The van der Waals surface area contributed by atoms with Gasteiger partial charge in [-0.2, -0.15) is 4.31 Å². The topological polar surface area (TPSA) is 55.8 Å². The summed E-state index contributed by atoms with van der Waals surface area (Å²) in [6.45, 7) is 6.04. The van der Waals surface area contributed by atoms with Crippen molar-refractivity contribution in [1.29, 1.82) is 0 Å². The second-order valence-electron chi connectivity index (χ2n) is 4.43. The summed E-state index contributed by atoms with van der Waals surface area (Å²) in [5.41, 5.74) is 0.135. The van der Waals surface area contributed by atoms with Crippen molar-refractivity contribution in [2.45, 2.75) is 39.2 Å². The highest BCUT2D eigenvalue weighted by atomic mass is 79.9. The van der Waals surface area contributed by atoms with Gasteiger partial charge in [-0.05, 0) is 35.9 Å². The van der Waals surface area contributed by atoms with E-state index >= 15 is 0 Å². The van der Waals surface area contributed by atoms with Gasteiger partial charge in [-0.3, -0.25) is 4.18 Å². The van der Waals surface area contributed by atoms with E-state index in [2.05, 4.69) is 15.9 Å². The van der Waals surface area contributed by atoms with Crippen molar-refractivity contribution < 1.29 is 17.9 Å². The fraction of sp³-hybridized carbons (Fsp3) is 0.615. The number of ether oxygens (including phenoxy) is 1. The summed E-state index contributed by atoms with van der Waals surface area (Å²) < 4.78 is 24.1. The van der Waals surface area contributed by atoms with Gasteiger partial charge in [0.1, 0.15) is 5.54 Å². The number of methoxy groups -OCH3 is 1. The standard InChI is InChI=1S/C13H20BrNO4S/c1-5-7-11(8-10(3)14)13(6-2)9-19-20(17)15(13)12(16)18-4/h7-8H,5-6,9H2,1-4H3. The molecule has 0 aliphatic carbocycles. The van der Waals surface area contributed by atoms with Crippen LogP contribution < -0.4 is 0 Å². The Morgan fingerprint density at radius 1 is 1.55 bits per heavy atom. The number of rotatable bonds is 4. The van der Waals surface area contributed by atoms with Crippen molar-refractivity contribution in [3.63, 3.8) is 0 Å². The van der Waals surface area contributed by atoms with E-state index in [1.165, 1.54) is 11.4 Å². The lowest BCUT2D eigenvalue weighted by atomic mass is 9.86. The van der Waals surface area contributed by atoms with Gasteiger partial charge in [-0.15, -0.1) is 0 Å². The zero-order valence-corrected chi connectivity index (χ0v) is 14.5. The number of halogens is 1. The van der Waals surface area contributed by atoms with Crippen molar-refractivity contribution in [3.8, 4) is 0 Å².